The number of anilines is 1. The maximum absolute atomic E-state index is 12.9. The molecule has 2 rings (SSSR count). The van der Waals surface area contributed by atoms with Crippen LogP contribution in [0.2, 0.25) is 0 Å². The topological polar surface area (TPSA) is 67.6 Å². The molecule has 2 aromatic rings. The van der Waals surface area contributed by atoms with Crippen molar-refractivity contribution in [3.63, 3.8) is 0 Å². The molecule has 0 aliphatic heterocycles. The van der Waals surface area contributed by atoms with Crippen molar-refractivity contribution in [2.24, 2.45) is 0 Å². The monoisotopic (exact) mass is 334 g/mol. The molecule has 10 heteroatoms. The van der Waals surface area contributed by atoms with E-state index in [2.05, 4.69) is 5.10 Å². The molecule has 0 atom stereocenters. The van der Waals surface area contributed by atoms with Crippen molar-refractivity contribution in [1.29, 1.82) is 5.26 Å². The molecule has 1 aromatic carbocycles. The molecule has 2 N–H and O–H groups in total. The van der Waals surface area contributed by atoms with Crippen molar-refractivity contribution in [3.05, 3.63) is 46.8 Å². The first-order valence-corrected chi connectivity index (χ1v) is 6.03. The number of benzene rings is 1. The summed E-state index contributed by atoms with van der Waals surface area (Å²) in [5, 5.41) is 11.8. The lowest BCUT2D eigenvalue weighted by Gasteiger charge is -2.10. The van der Waals surface area contributed by atoms with Crippen LogP contribution in [0.15, 0.2) is 24.3 Å². The molecule has 1 heterocycles. The van der Waals surface area contributed by atoms with Gasteiger partial charge in [-0.2, -0.15) is 36.7 Å². The number of halogens is 6. The predicted octanol–water partition coefficient (Wildman–Crippen LogP) is 3.42. The number of hydrogen-bond donors (Lipinski definition) is 1. The first-order chi connectivity index (χ1) is 10.5. The molecule has 0 spiro atoms. The standard InChI is InChI=1S/C13H8F6N4/c14-12(15,16)10-4-11(13(17,18)19)23(22-10)6-7-1-2-9(21)8(3-7)5-20/h1-4H,6,21H2. The summed E-state index contributed by atoms with van der Waals surface area (Å²) >= 11 is 0. The van der Waals surface area contributed by atoms with E-state index in [4.69, 9.17) is 11.0 Å². The highest BCUT2D eigenvalue weighted by Gasteiger charge is 2.41. The lowest BCUT2D eigenvalue weighted by atomic mass is 10.1. The van der Waals surface area contributed by atoms with Crippen molar-refractivity contribution in [2.75, 3.05) is 5.73 Å². The molecular formula is C13H8F6N4. The van der Waals surface area contributed by atoms with E-state index in [1.54, 1.807) is 6.07 Å². The number of nitrogens with two attached hydrogens (primary N) is 1. The minimum absolute atomic E-state index is 0.0132. The highest BCUT2D eigenvalue weighted by Crippen LogP contribution is 2.35. The van der Waals surface area contributed by atoms with Crippen LogP contribution in [0.25, 0.3) is 0 Å². The number of aromatic nitrogens is 2. The zero-order valence-corrected chi connectivity index (χ0v) is 11.2. The molecule has 0 fully saturated rings. The Hall–Kier alpha value is -2.70. The largest absolute Gasteiger partial charge is 0.435 e. The summed E-state index contributed by atoms with van der Waals surface area (Å²) < 4.78 is 76.5. The fourth-order valence-corrected chi connectivity index (χ4v) is 1.88. The van der Waals surface area contributed by atoms with E-state index in [1.165, 1.54) is 18.2 Å². The van der Waals surface area contributed by atoms with Gasteiger partial charge in [0.05, 0.1) is 12.1 Å². The van der Waals surface area contributed by atoms with E-state index in [9.17, 15) is 26.3 Å². The number of rotatable bonds is 2. The van der Waals surface area contributed by atoms with E-state index in [0.29, 0.717) is 0 Å². The number of alkyl halides is 6. The average molecular weight is 334 g/mol. The van der Waals surface area contributed by atoms with Crippen molar-refractivity contribution in [1.82, 2.24) is 9.78 Å². The first-order valence-electron chi connectivity index (χ1n) is 6.03. The molecule has 122 valence electrons. The zero-order chi connectivity index (χ0) is 17.4. The second-order valence-electron chi connectivity index (χ2n) is 4.60. The van der Waals surface area contributed by atoms with Gasteiger partial charge in [0.15, 0.2) is 5.69 Å². The van der Waals surface area contributed by atoms with Gasteiger partial charge in [-0.1, -0.05) is 6.07 Å². The maximum Gasteiger partial charge on any atom is 0.435 e. The first kappa shape index (κ1) is 16.7. The van der Waals surface area contributed by atoms with Crippen LogP contribution in [0.3, 0.4) is 0 Å². The zero-order valence-electron chi connectivity index (χ0n) is 11.2. The predicted molar refractivity (Wildman–Crippen MR) is 66.9 cm³/mol. The minimum Gasteiger partial charge on any atom is -0.398 e. The van der Waals surface area contributed by atoms with Crippen LogP contribution in [0.4, 0.5) is 32.0 Å². The Balaban J connectivity index is 2.47. The Morgan fingerprint density at radius 2 is 1.74 bits per heavy atom. The van der Waals surface area contributed by atoms with Gasteiger partial charge in [-0.25, -0.2) is 0 Å². The van der Waals surface area contributed by atoms with Gasteiger partial charge in [0.1, 0.15) is 11.8 Å². The molecule has 0 bridgehead atoms. The summed E-state index contributed by atoms with van der Waals surface area (Å²) in [4.78, 5) is 0. The van der Waals surface area contributed by atoms with Gasteiger partial charge in [0.25, 0.3) is 0 Å². The smallest absolute Gasteiger partial charge is 0.398 e. The van der Waals surface area contributed by atoms with Gasteiger partial charge in [-0.3, -0.25) is 4.68 Å². The molecule has 0 saturated carbocycles. The SMILES string of the molecule is N#Cc1cc(Cn2nc(C(F)(F)F)cc2C(F)(F)F)ccc1N. The van der Waals surface area contributed by atoms with Crippen LogP contribution in [0, 0.1) is 11.3 Å². The number of nitrogen functional groups attached to an aromatic ring is 1. The summed E-state index contributed by atoms with van der Waals surface area (Å²) in [5.41, 5.74) is 2.61. The highest BCUT2D eigenvalue weighted by atomic mass is 19.4. The van der Waals surface area contributed by atoms with Gasteiger partial charge in [-0.15, -0.1) is 0 Å². The van der Waals surface area contributed by atoms with E-state index in [-0.39, 0.29) is 27.6 Å². The highest BCUT2D eigenvalue weighted by molar-refractivity contribution is 5.55. The second-order valence-corrected chi connectivity index (χ2v) is 4.60. The van der Waals surface area contributed by atoms with Crippen LogP contribution in [-0.4, -0.2) is 9.78 Å². The third-order valence-electron chi connectivity index (χ3n) is 2.93. The quantitative estimate of drug-likeness (QED) is 0.676. The third kappa shape index (κ3) is 3.56. The van der Waals surface area contributed by atoms with E-state index in [0.717, 1.165) is 0 Å². The van der Waals surface area contributed by atoms with E-state index in [1.807, 2.05) is 0 Å². The number of nitriles is 1. The number of hydrogen-bond acceptors (Lipinski definition) is 3. The lowest BCUT2D eigenvalue weighted by molar-refractivity contribution is -0.144. The van der Waals surface area contributed by atoms with Gasteiger partial charge in [0.2, 0.25) is 0 Å². The van der Waals surface area contributed by atoms with Crippen LogP contribution < -0.4 is 5.73 Å². The number of nitrogens with zero attached hydrogens (tertiary/aromatic N) is 3. The van der Waals surface area contributed by atoms with E-state index < -0.39 is 30.3 Å². The van der Waals surface area contributed by atoms with Gasteiger partial charge in [-0.05, 0) is 17.7 Å². The fraction of sp³-hybridized carbons (Fsp3) is 0.231. The Morgan fingerprint density at radius 3 is 2.26 bits per heavy atom. The molecule has 0 amide bonds. The van der Waals surface area contributed by atoms with Gasteiger partial charge in [0, 0.05) is 11.8 Å². The molecule has 0 aliphatic carbocycles. The molecule has 4 nitrogen and oxygen atoms in total. The molecule has 0 aliphatic rings. The molecule has 0 saturated heterocycles. The Kier molecular flexibility index (Phi) is 3.98. The van der Waals surface area contributed by atoms with Gasteiger partial charge < -0.3 is 5.73 Å². The molecule has 23 heavy (non-hydrogen) atoms. The molecule has 1 aromatic heterocycles. The molecule has 0 radical (unpaired) electrons. The van der Waals surface area contributed by atoms with Crippen molar-refractivity contribution in [3.8, 4) is 6.07 Å². The van der Waals surface area contributed by atoms with Crippen molar-refractivity contribution in [2.45, 2.75) is 18.9 Å². The normalized spacial score (nSPS) is 12.2. The van der Waals surface area contributed by atoms with Crippen LogP contribution >= 0.6 is 0 Å². The van der Waals surface area contributed by atoms with Gasteiger partial charge >= 0.3 is 12.4 Å². The Bertz CT molecular complexity index is 766. The second kappa shape index (κ2) is 5.49. The van der Waals surface area contributed by atoms with Crippen LogP contribution in [-0.2, 0) is 18.9 Å². The molecule has 0 unspecified atom stereocenters. The molecular weight excluding hydrogens is 326 g/mol. The van der Waals surface area contributed by atoms with Crippen molar-refractivity contribution < 1.29 is 26.3 Å². The Labute approximate surface area is 125 Å². The third-order valence-corrected chi connectivity index (χ3v) is 2.93. The summed E-state index contributed by atoms with van der Waals surface area (Å²) in [6, 6.07) is 5.48. The van der Waals surface area contributed by atoms with Crippen LogP contribution in [0.1, 0.15) is 22.5 Å². The van der Waals surface area contributed by atoms with Crippen LogP contribution in [0.5, 0.6) is 0 Å². The maximum atomic E-state index is 12.9. The van der Waals surface area contributed by atoms with E-state index >= 15 is 0 Å². The minimum atomic E-state index is -5.00. The summed E-state index contributed by atoms with van der Waals surface area (Å²) in [6.07, 6.45) is -9.99. The van der Waals surface area contributed by atoms with Crippen molar-refractivity contribution >= 4 is 5.69 Å². The fourth-order valence-electron chi connectivity index (χ4n) is 1.88. The summed E-state index contributed by atoms with van der Waals surface area (Å²) in [5.74, 6) is 0. The summed E-state index contributed by atoms with van der Waals surface area (Å²) in [7, 11) is 0. The average Bonchev–Trinajstić information content (AvgIpc) is 2.85. The summed E-state index contributed by atoms with van der Waals surface area (Å²) in [6.45, 7) is -0.583. The Morgan fingerprint density at radius 1 is 1.09 bits per heavy atom. The lowest BCUT2D eigenvalue weighted by Crippen LogP contribution is -2.15.